The maximum Gasteiger partial charge on any atom is 0.414 e. The Morgan fingerprint density at radius 1 is 0.933 bits per heavy atom. The molecule has 0 saturated carbocycles. The molecule has 8 nitrogen and oxygen atoms in total. The zero-order valence-corrected chi connectivity index (χ0v) is 23.9. The summed E-state index contributed by atoms with van der Waals surface area (Å²) in [6.45, 7) is 2.38. The smallest absolute Gasteiger partial charge is 0.379 e. The number of hydrogen-bond donors (Lipinski definition) is 1. The zero-order valence-electron chi connectivity index (χ0n) is 23.9. The minimum Gasteiger partial charge on any atom is -0.379 e. The number of halogens is 7. The maximum absolute atomic E-state index is 15.2. The predicted octanol–water partition coefficient (Wildman–Crippen LogP) is 4.66. The van der Waals surface area contributed by atoms with Gasteiger partial charge in [-0.05, 0) is 35.4 Å². The van der Waals surface area contributed by atoms with Gasteiger partial charge >= 0.3 is 12.4 Å². The Hall–Kier alpha value is -3.82. The van der Waals surface area contributed by atoms with Crippen LogP contribution in [0.4, 0.5) is 42.1 Å². The monoisotopic (exact) mass is 641 g/mol. The second-order valence-electron chi connectivity index (χ2n) is 11.0. The van der Waals surface area contributed by atoms with E-state index in [9.17, 15) is 35.9 Å². The topological polar surface area (TPSA) is 77.5 Å². The van der Waals surface area contributed by atoms with Crippen LogP contribution in [0, 0.1) is 11.7 Å². The van der Waals surface area contributed by atoms with Crippen LogP contribution >= 0.6 is 0 Å². The number of alkyl halides is 6. The van der Waals surface area contributed by atoms with Crippen molar-refractivity contribution in [2.45, 2.75) is 18.9 Å². The molecule has 0 bridgehead atoms. The highest BCUT2D eigenvalue weighted by molar-refractivity contribution is 6.11. The number of rotatable bonds is 7. The standard InChI is InChI=1S/C30H30F7N5O3/c31-24-3-1-19(17-40-9-11-45-12-10-40)13-21(24)20-2-4-26(42-7-5-41(6-8-42)18-29(32,33)34)25(14-20)39-28(44)22-16-38-27(43)15-23(22)30(35,36)37/h1-4,13-16,22H,5-12,17-18H2,(H,39,44). The molecular formula is C30H30F7N5O3. The van der Waals surface area contributed by atoms with Crippen LogP contribution in [-0.4, -0.2) is 99.2 Å². The molecule has 3 aliphatic heterocycles. The van der Waals surface area contributed by atoms with E-state index in [4.69, 9.17) is 4.74 Å². The van der Waals surface area contributed by atoms with Crippen molar-refractivity contribution >= 4 is 29.4 Å². The molecule has 0 aromatic heterocycles. The molecule has 0 spiro atoms. The first-order chi connectivity index (χ1) is 21.3. The summed E-state index contributed by atoms with van der Waals surface area (Å²) in [4.78, 5) is 33.3. The summed E-state index contributed by atoms with van der Waals surface area (Å²) in [5, 5.41) is 2.49. The van der Waals surface area contributed by atoms with Crippen LogP contribution < -0.4 is 10.2 Å². The van der Waals surface area contributed by atoms with Gasteiger partial charge in [-0.25, -0.2) is 9.38 Å². The van der Waals surface area contributed by atoms with Gasteiger partial charge in [-0.2, -0.15) is 26.3 Å². The number of carbonyl (C=O) groups excluding carboxylic acids is 2. The Morgan fingerprint density at radius 3 is 2.31 bits per heavy atom. The lowest BCUT2D eigenvalue weighted by molar-refractivity contribution is -0.146. The molecule has 0 aliphatic carbocycles. The van der Waals surface area contributed by atoms with Crippen LogP contribution in [0.15, 0.2) is 53.0 Å². The normalized spacial score (nSPS) is 20.3. The summed E-state index contributed by atoms with van der Waals surface area (Å²) in [5.41, 5.74) is 0.312. The molecule has 2 fully saturated rings. The molecule has 2 aromatic carbocycles. The number of morpholine rings is 1. The molecule has 242 valence electrons. The molecule has 5 rings (SSSR count). The molecule has 3 heterocycles. The highest BCUT2D eigenvalue weighted by Crippen LogP contribution is 2.37. The third-order valence-corrected chi connectivity index (χ3v) is 7.80. The van der Waals surface area contributed by atoms with Crippen LogP contribution in [0.25, 0.3) is 11.1 Å². The number of nitrogens with zero attached hydrogens (tertiary/aromatic N) is 4. The maximum atomic E-state index is 15.2. The Balaban J connectivity index is 1.46. The van der Waals surface area contributed by atoms with Gasteiger partial charge in [0.25, 0.3) is 5.91 Å². The van der Waals surface area contributed by atoms with Gasteiger partial charge in [-0.15, -0.1) is 0 Å². The van der Waals surface area contributed by atoms with Crippen molar-refractivity contribution in [1.29, 1.82) is 0 Å². The summed E-state index contributed by atoms with van der Waals surface area (Å²) in [6, 6.07) is 9.19. The van der Waals surface area contributed by atoms with E-state index in [0.29, 0.717) is 50.3 Å². The fourth-order valence-corrected chi connectivity index (χ4v) is 5.56. The van der Waals surface area contributed by atoms with Crippen molar-refractivity contribution in [1.82, 2.24) is 9.80 Å². The van der Waals surface area contributed by atoms with E-state index in [1.807, 2.05) is 0 Å². The highest BCUT2D eigenvalue weighted by Gasteiger charge is 2.43. The van der Waals surface area contributed by atoms with E-state index < -0.39 is 48.0 Å². The van der Waals surface area contributed by atoms with Crippen molar-refractivity contribution in [2.75, 3.05) is 69.2 Å². The van der Waals surface area contributed by atoms with Gasteiger partial charge in [-0.3, -0.25) is 19.4 Å². The first-order valence-electron chi connectivity index (χ1n) is 14.2. The fraction of sp³-hybridized carbons (Fsp3) is 0.433. The van der Waals surface area contributed by atoms with Crippen LogP contribution in [0.2, 0.25) is 0 Å². The first-order valence-corrected chi connectivity index (χ1v) is 14.2. The van der Waals surface area contributed by atoms with Gasteiger partial charge in [-0.1, -0.05) is 12.1 Å². The molecule has 15 heteroatoms. The van der Waals surface area contributed by atoms with Crippen LogP contribution in [0.1, 0.15) is 5.56 Å². The lowest BCUT2D eigenvalue weighted by Crippen LogP contribution is -2.49. The number of nitrogens with one attached hydrogen (secondary N) is 1. The molecule has 0 radical (unpaired) electrons. The second-order valence-corrected chi connectivity index (χ2v) is 11.0. The lowest BCUT2D eigenvalue weighted by atomic mass is 9.95. The minimum absolute atomic E-state index is 0.0339. The van der Waals surface area contributed by atoms with Gasteiger partial charge in [0.05, 0.1) is 36.7 Å². The summed E-state index contributed by atoms with van der Waals surface area (Å²) in [5.74, 6) is -4.79. The highest BCUT2D eigenvalue weighted by atomic mass is 19.4. The molecule has 3 aliphatic rings. The fourth-order valence-electron chi connectivity index (χ4n) is 5.56. The molecule has 2 aromatic rings. The van der Waals surface area contributed by atoms with E-state index in [-0.39, 0.29) is 43.5 Å². The van der Waals surface area contributed by atoms with E-state index in [1.54, 1.807) is 29.2 Å². The number of carbonyl (C=O) groups is 2. The number of hydrogen-bond acceptors (Lipinski definition) is 6. The van der Waals surface area contributed by atoms with Crippen LogP contribution in [0.5, 0.6) is 0 Å². The predicted molar refractivity (Wildman–Crippen MR) is 152 cm³/mol. The van der Waals surface area contributed by atoms with Crippen LogP contribution in [-0.2, 0) is 20.9 Å². The van der Waals surface area contributed by atoms with E-state index in [2.05, 4.69) is 15.2 Å². The summed E-state index contributed by atoms with van der Waals surface area (Å²) >= 11 is 0. The molecule has 1 unspecified atom stereocenters. The van der Waals surface area contributed by atoms with Crippen LogP contribution in [0.3, 0.4) is 0 Å². The summed E-state index contributed by atoms with van der Waals surface area (Å²) in [6.07, 6.45) is -8.49. The van der Waals surface area contributed by atoms with Gasteiger partial charge in [0.15, 0.2) is 0 Å². The number of piperazine rings is 1. The largest absolute Gasteiger partial charge is 0.414 e. The number of amides is 2. The number of ether oxygens (including phenoxy) is 1. The third-order valence-electron chi connectivity index (χ3n) is 7.80. The Morgan fingerprint density at radius 2 is 1.64 bits per heavy atom. The number of dihydropyridines is 1. The van der Waals surface area contributed by atoms with Crippen molar-refractivity contribution in [3.8, 4) is 11.1 Å². The Labute approximate surface area is 254 Å². The first kappa shape index (κ1) is 32.6. The zero-order chi connectivity index (χ0) is 32.4. The number of anilines is 2. The Bertz CT molecular complexity index is 1480. The molecular weight excluding hydrogens is 611 g/mol. The third kappa shape index (κ3) is 8.27. The van der Waals surface area contributed by atoms with Crippen molar-refractivity contribution in [3.05, 3.63) is 59.4 Å². The number of benzene rings is 2. The summed E-state index contributed by atoms with van der Waals surface area (Å²) in [7, 11) is 0. The van der Waals surface area contributed by atoms with Crippen molar-refractivity contribution in [3.63, 3.8) is 0 Å². The molecule has 45 heavy (non-hydrogen) atoms. The van der Waals surface area contributed by atoms with E-state index >= 15 is 4.39 Å². The number of aliphatic imine (C=N–C) groups is 1. The van der Waals surface area contributed by atoms with Gasteiger partial charge in [0, 0.05) is 63.7 Å². The Kier molecular flexibility index (Phi) is 9.60. The van der Waals surface area contributed by atoms with Crippen molar-refractivity contribution in [2.24, 2.45) is 10.9 Å². The molecule has 1 N–H and O–H groups in total. The van der Waals surface area contributed by atoms with Crippen molar-refractivity contribution < 1.29 is 45.1 Å². The second kappa shape index (κ2) is 13.3. The van der Waals surface area contributed by atoms with Gasteiger partial charge in [0.2, 0.25) is 5.91 Å². The average Bonchev–Trinajstić information content (AvgIpc) is 2.98. The molecule has 2 saturated heterocycles. The molecule has 1 atom stereocenters. The minimum atomic E-state index is -4.99. The quantitative estimate of drug-likeness (QED) is 0.444. The SMILES string of the molecule is O=C1C=C(C(F)(F)F)C(C(=O)Nc2cc(-c3cc(CN4CCOCC4)ccc3F)ccc2N2CCN(CC(F)(F)F)CC2)C=N1. The van der Waals surface area contributed by atoms with E-state index in [1.165, 1.54) is 17.0 Å². The van der Waals surface area contributed by atoms with Gasteiger partial charge < -0.3 is 15.0 Å². The van der Waals surface area contributed by atoms with E-state index in [0.717, 1.165) is 5.56 Å². The lowest BCUT2D eigenvalue weighted by Gasteiger charge is -2.37. The average molecular weight is 642 g/mol. The van der Waals surface area contributed by atoms with Gasteiger partial charge in [0.1, 0.15) is 11.7 Å². The molecule has 2 amide bonds. The summed E-state index contributed by atoms with van der Waals surface area (Å²) < 4.78 is 100.